The van der Waals surface area contributed by atoms with Crippen LogP contribution in [0.3, 0.4) is 0 Å². The molecule has 0 aromatic carbocycles. The summed E-state index contributed by atoms with van der Waals surface area (Å²) in [6, 6.07) is 0. The largest absolute Gasteiger partial charge is 0.384 e. The van der Waals surface area contributed by atoms with Crippen molar-refractivity contribution in [1.82, 2.24) is 15.3 Å². The number of methoxy groups -OCH3 is 1. The zero-order chi connectivity index (χ0) is 12.8. The van der Waals surface area contributed by atoms with Gasteiger partial charge in [0.25, 0.3) is 0 Å². The van der Waals surface area contributed by atoms with E-state index in [1.165, 1.54) is 0 Å². The van der Waals surface area contributed by atoms with Crippen molar-refractivity contribution in [2.45, 2.75) is 12.8 Å². The lowest BCUT2D eigenvalue weighted by atomic mass is 9.79. The lowest BCUT2D eigenvalue weighted by molar-refractivity contribution is 0.0634. The van der Waals surface area contributed by atoms with Crippen molar-refractivity contribution >= 4 is 17.5 Å². The van der Waals surface area contributed by atoms with Crippen LogP contribution in [0.2, 0.25) is 5.02 Å². The summed E-state index contributed by atoms with van der Waals surface area (Å²) in [5.74, 6) is 0.619. The number of anilines is 1. The van der Waals surface area contributed by atoms with Crippen molar-refractivity contribution in [3.63, 3.8) is 0 Å². The second-order valence-corrected chi connectivity index (χ2v) is 5.20. The number of ether oxygens (including phenoxy) is 1. The van der Waals surface area contributed by atoms with Crippen LogP contribution < -0.4 is 10.6 Å². The highest BCUT2D eigenvalue weighted by molar-refractivity contribution is 6.30. The fourth-order valence-electron chi connectivity index (χ4n) is 2.31. The van der Waals surface area contributed by atoms with Crippen molar-refractivity contribution < 1.29 is 4.74 Å². The number of nitrogens with zero attached hydrogens (tertiary/aromatic N) is 2. The first-order valence-electron chi connectivity index (χ1n) is 6.15. The van der Waals surface area contributed by atoms with E-state index in [-0.39, 0.29) is 5.41 Å². The van der Waals surface area contributed by atoms with Gasteiger partial charge in [-0.25, -0.2) is 9.97 Å². The van der Waals surface area contributed by atoms with Crippen LogP contribution >= 0.6 is 11.6 Å². The molecule has 18 heavy (non-hydrogen) atoms. The molecule has 6 heteroatoms. The topological polar surface area (TPSA) is 59.1 Å². The van der Waals surface area contributed by atoms with E-state index in [2.05, 4.69) is 20.6 Å². The molecule has 1 aromatic heterocycles. The fourth-order valence-corrected chi connectivity index (χ4v) is 2.40. The monoisotopic (exact) mass is 270 g/mol. The molecule has 1 fully saturated rings. The number of hydrogen-bond acceptors (Lipinski definition) is 5. The van der Waals surface area contributed by atoms with E-state index in [0.29, 0.717) is 11.0 Å². The first-order valence-corrected chi connectivity index (χ1v) is 6.53. The standard InChI is InChI=1S/C12H19ClN4O/c1-18-9-12(2-4-14-5-3-12)8-17-11-15-6-10(13)7-16-11/h6-7,14H,2-5,8-9H2,1H3,(H,15,16,17). The first kappa shape index (κ1) is 13.5. The molecule has 1 saturated heterocycles. The number of nitrogens with one attached hydrogen (secondary N) is 2. The summed E-state index contributed by atoms with van der Waals surface area (Å²) in [6.45, 7) is 3.65. The minimum atomic E-state index is 0.170. The van der Waals surface area contributed by atoms with Crippen molar-refractivity contribution in [2.24, 2.45) is 5.41 Å². The number of halogens is 1. The highest BCUT2D eigenvalue weighted by Crippen LogP contribution is 2.29. The van der Waals surface area contributed by atoms with Gasteiger partial charge >= 0.3 is 0 Å². The molecule has 0 aliphatic carbocycles. The third-order valence-corrected chi connectivity index (χ3v) is 3.55. The second kappa shape index (κ2) is 6.31. The maximum atomic E-state index is 5.76. The van der Waals surface area contributed by atoms with Crippen LogP contribution in [0.15, 0.2) is 12.4 Å². The van der Waals surface area contributed by atoms with Crippen LogP contribution in [-0.2, 0) is 4.74 Å². The molecule has 0 amide bonds. The molecule has 0 spiro atoms. The van der Waals surface area contributed by atoms with Crippen molar-refractivity contribution in [3.8, 4) is 0 Å². The van der Waals surface area contributed by atoms with Gasteiger partial charge in [0.1, 0.15) is 0 Å². The zero-order valence-electron chi connectivity index (χ0n) is 10.6. The van der Waals surface area contributed by atoms with E-state index in [4.69, 9.17) is 16.3 Å². The van der Waals surface area contributed by atoms with Crippen LogP contribution in [0.5, 0.6) is 0 Å². The van der Waals surface area contributed by atoms with Crippen LogP contribution in [0.25, 0.3) is 0 Å². The second-order valence-electron chi connectivity index (χ2n) is 4.76. The Morgan fingerprint density at radius 2 is 2.06 bits per heavy atom. The van der Waals surface area contributed by atoms with Gasteiger partial charge in [-0.05, 0) is 25.9 Å². The molecular weight excluding hydrogens is 252 g/mol. The summed E-state index contributed by atoms with van der Waals surface area (Å²) in [5, 5.41) is 7.20. The number of aromatic nitrogens is 2. The van der Waals surface area contributed by atoms with Gasteiger partial charge in [0.2, 0.25) is 5.95 Å². The van der Waals surface area contributed by atoms with Crippen LogP contribution in [0.1, 0.15) is 12.8 Å². The van der Waals surface area contributed by atoms with E-state index < -0.39 is 0 Å². The maximum Gasteiger partial charge on any atom is 0.222 e. The molecule has 0 atom stereocenters. The van der Waals surface area contributed by atoms with Crippen molar-refractivity contribution in [2.75, 3.05) is 38.7 Å². The molecule has 1 aliphatic rings. The van der Waals surface area contributed by atoms with Crippen LogP contribution in [-0.4, -0.2) is 43.3 Å². The van der Waals surface area contributed by atoms with Gasteiger partial charge in [-0.1, -0.05) is 11.6 Å². The quantitative estimate of drug-likeness (QED) is 0.850. The molecule has 0 bridgehead atoms. The molecular formula is C12H19ClN4O. The van der Waals surface area contributed by atoms with E-state index in [9.17, 15) is 0 Å². The average molecular weight is 271 g/mol. The molecule has 1 aromatic rings. The summed E-state index contributed by atoms with van der Waals surface area (Å²) in [4.78, 5) is 8.29. The predicted octanol–water partition coefficient (Wildman–Crippen LogP) is 1.56. The molecule has 0 radical (unpaired) electrons. The summed E-state index contributed by atoms with van der Waals surface area (Å²) in [5.41, 5.74) is 0.170. The first-order chi connectivity index (χ1) is 8.74. The molecule has 5 nitrogen and oxygen atoms in total. The van der Waals surface area contributed by atoms with Gasteiger partial charge in [0.15, 0.2) is 0 Å². The fraction of sp³-hybridized carbons (Fsp3) is 0.667. The van der Waals surface area contributed by atoms with Gasteiger partial charge < -0.3 is 15.4 Å². The summed E-state index contributed by atoms with van der Waals surface area (Å²) in [7, 11) is 1.75. The predicted molar refractivity (Wildman–Crippen MR) is 71.9 cm³/mol. The third-order valence-electron chi connectivity index (χ3n) is 3.36. The van der Waals surface area contributed by atoms with E-state index in [1.54, 1.807) is 19.5 Å². The Labute approximate surface area is 112 Å². The van der Waals surface area contributed by atoms with E-state index in [1.807, 2.05) is 0 Å². The Bertz CT molecular complexity index is 359. The Balaban J connectivity index is 1.94. The summed E-state index contributed by atoms with van der Waals surface area (Å²) >= 11 is 5.76. The van der Waals surface area contributed by atoms with Crippen molar-refractivity contribution in [1.29, 1.82) is 0 Å². The zero-order valence-corrected chi connectivity index (χ0v) is 11.3. The molecule has 2 heterocycles. The lowest BCUT2D eigenvalue weighted by Crippen LogP contribution is -2.44. The van der Waals surface area contributed by atoms with Crippen LogP contribution in [0, 0.1) is 5.41 Å². The maximum absolute atomic E-state index is 5.76. The Hall–Kier alpha value is -0.910. The summed E-state index contributed by atoms with van der Waals surface area (Å²) < 4.78 is 5.36. The van der Waals surface area contributed by atoms with Gasteiger partial charge in [0.05, 0.1) is 24.0 Å². The minimum Gasteiger partial charge on any atom is -0.384 e. The number of piperidine rings is 1. The summed E-state index contributed by atoms with van der Waals surface area (Å²) in [6.07, 6.45) is 5.40. The Kier molecular flexibility index (Phi) is 4.74. The lowest BCUT2D eigenvalue weighted by Gasteiger charge is -2.37. The van der Waals surface area contributed by atoms with Crippen molar-refractivity contribution in [3.05, 3.63) is 17.4 Å². The average Bonchev–Trinajstić information content (AvgIpc) is 2.40. The highest BCUT2D eigenvalue weighted by atomic mass is 35.5. The smallest absolute Gasteiger partial charge is 0.222 e. The Morgan fingerprint density at radius 3 is 2.67 bits per heavy atom. The SMILES string of the molecule is COCC1(CNc2ncc(Cl)cn2)CCNCC1. The normalized spacial score (nSPS) is 18.6. The molecule has 1 aliphatic heterocycles. The number of rotatable bonds is 5. The molecule has 2 rings (SSSR count). The molecule has 0 saturated carbocycles. The Morgan fingerprint density at radius 1 is 1.39 bits per heavy atom. The highest BCUT2D eigenvalue weighted by Gasteiger charge is 2.32. The molecule has 0 unspecified atom stereocenters. The third kappa shape index (κ3) is 3.54. The minimum absolute atomic E-state index is 0.170. The van der Waals surface area contributed by atoms with Gasteiger partial charge in [-0.2, -0.15) is 0 Å². The van der Waals surface area contributed by atoms with Gasteiger partial charge in [0, 0.05) is 19.1 Å². The van der Waals surface area contributed by atoms with Gasteiger partial charge in [-0.15, -0.1) is 0 Å². The van der Waals surface area contributed by atoms with Crippen LogP contribution in [0.4, 0.5) is 5.95 Å². The number of hydrogen-bond donors (Lipinski definition) is 2. The van der Waals surface area contributed by atoms with E-state index in [0.717, 1.165) is 39.1 Å². The van der Waals surface area contributed by atoms with Gasteiger partial charge in [-0.3, -0.25) is 0 Å². The molecule has 2 N–H and O–H groups in total. The van der Waals surface area contributed by atoms with E-state index >= 15 is 0 Å². The molecule has 100 valence electrons.